The number of carbonyl (C=O) groups excluding carboxylic acids is 2. The van der Waals surface area contributed by atoms with Gasteiger partial charge in [0.2, 0.25) is 0 Å². The molecule has 0 saturated carbocycles. The Balaban J connectivity index is 1.29. The van der Waals surface area contributed by atoms with Crippen molar-refractivity contribution in [1.29, 1.82) is 0 Å². The zero-order chi connectivity index (χ0) is 20.2. The molecule has 1 aromatic heterocycles. The lowest BCUT2D eigenvalue weighted by Gasteiger charge is -2.32. The van der Waals surface area contributed by atoms with Crippen LogP contribution in [0.4, 0.5) is 0 Å². The van der Waals surface area contributed by atoms with Gasteiger partial charge in [0, 0.05) is 42.5 Å². The van der Waals surface area contributed by atoms with E-state index in [0.717, 1.165) is 72.9 Å². The second-order valence-electron chi connectivity index (χ2n) is 8.00. The summed E-state index contributed by atoms with van der Waals surface area (Å²) in [5.74, 6) is 1.36. The van der Waals surface area contributed by atoms with Gasteiger partial charge in [-0.05, 0) is 69.0 Å². The summed E-state index contributed by atoms with van der Waals surface area (Å²) in [5.41, 5.74) is 0.722. The van der Waals surface area contributed by atoms with Gasteiger partial charge in [0.25, 0.3) is 11.8 Å². The molecular weight excluding hydrogens is 384 g/mol. The maximum Gasteiger partial charge on any atom is 0.263 e. The van der Waals surface area contributed by atoms with E-state index in [1.165, 1.54) is 0 Å². The highest BCUT2D eigenvalue weighted by molar-refractivity contribution is 7.13. The van der Waals surface area contributed by atoms with Gasteiger partial charge in [0.15, 0.2) is 0 Å². The second-order valence-corrected chi connectivity index (χ2v) is 9.29. The third-order valence-corrected chi connectivity index (χ3v) is 6.73. The van der Waals surface area contributed by atoms with Gasteiger partial charge in [0.1, 0.15) is 5.75 Å². The van der Waals surface area contributed by atoms with Crippen LogP contribution in [-0.4, -0.2) is 54.4 Å². The molecule has 6 heteroatoms. The number of hydrogen-bond donors (Lipinski definition) is 0. The van der Waals surface area contributed by atoms with Crippen LogP contribution in [-0.2, 0) is 0 Å². The Morgan fingerprint density at radius 1 is 0.966 bits per heavy atom. The van der Waals surface area contributed by atoms with Crippen molar-refractivity contribution >= 4 is 23.2 Å². The van der Waals surface area contributed by atoms with E-state index < -0.39 is 0 Å². The normalized spacial score (nSPS) is 19.4. The molecule has 2 saturated heterocycles. The average Bonchev–Trinajstić information content (AvgIpc) is 3.44. The van der Waals surface area contributed by atoms with Crippen LogP contribution in [0.25, 0.3) is 0 Å². The zero-order valence-electron chi connectivity index (χ0n) is 16.9. The highest BCUT2D eigenvalue weighted by atomic mass is 32.1. The lowest BCUT2D eigenvalue weighted by Crippen LogP contribution is -2.41. The van der Waals surface area contributed by atoms with E-state index >= 15 is 0 Å². The highest BCUT2D eigenvalue weighted by Gasteiger charge is 2.26. The summed E-state index contributed by atoms with van der Waals surface area (Å²) in [6, 6.07) is 11.4. The third kappa shape index (κ3) is 4.81. The minimum atomic E-state index is 0.110. The number of carbonyl (C=O) groups is 2. The SMILES string of the molecule is Cc1ccc(C(=O)N2CCC[C@@H](COc3ccc(C(=O)N4CCCC4)cc3)C2)s1. The number of aryl methyl sites for hydroxylation is 1. The number of hydrogen-bond acceptors (Lipinski definition) is 4. The van der Waals surface area contributed by atoms with E-state index in [9.17, 15) is 9.59 Å². The zero-order valence-corrected chi connectivity index (χ0v) is 17.7. The monoisotopic (exact) mass is 412 g/mol. The number of piperidine rings is 1. The first-order valence-electron chi connectivity index (χ1n) is 10.5. The molecule has 4 rings (SSSR count). The van der Waals surface area contributed by atoms with Crippen LogP contribution < -0.4 is 4.74 Å². The van der Waals surface area contributed by atoms with Crippen molar-refractivity contribution in [3.8, 4) is 5.75 Å². The maximum absolute atomic E-state index is 12.7. The molecule has 154 valence electrons. The Morgan fingerprint density at radius 3 is 2.38 bits per heavy atom. The minimum Gasteiger partial charge on any atom is -0.493 e. The topological polar surface area (TPSA) is 49.9 Å². The molecule has 5 nitrogen and oxygen atoms in total. The van der Waals surface area contributed by atoms with Crippen LogP contribution in [0.3, 0.4) is 0 Å². The van der Waals surface area contributed by atoms with Crippen LogP contribution in [0.5, 0.6) is 5.75 Å². The Kier molecular flexibility index (Phi) is 6.19. The predicted molar refractivity (Wildman–Crippen MR) is 115 cm³/mol. The summed E-state index contributed by atoms with van der Waals surface area (Å²) >= 11 is 1.56. The molecule has 29 heavy (non-hydrogen) atoms. The number of benzene rings is 1. The molecule has 2 aliphatic heterocycles. The van der Waals surface area contributed by atoms with Gasteiger partial charge < -0.3 is 14.5 Å². The molecule has 2 aromatic rings. The molecule has 1 aromatic carbocycles. The van der Waals surface area contributed by atoms with Gasteiger partial charge in [-0.3, -0.25) is 9.59 Å². The maximum atomic E-state index is 12.7. The standard InChI is InChI=1S/C23H28N2O3S/c1-17-6-11-21(29-17)23(27)25-14-4-5-18(15-25)16-28-20-9-7-19(8-10-20)22(26)24-12-2-3-13-24/h6-11,18H,2-5,12-16H2,1H3/t18-/m1/s1. The van der Waals surface area contributed by atoms with E-state index in [1.807, 2.05) is 53.1 Å². The van der Waals surface area contributed by atoms with Gasteiger partial charge in [0.05, 0.1) is 11.5 Å². The molecule has 0 radical (unpaired) electrons. The number of rotatable bonds is 5. The van der Waals surface area contributed by atoms with Crippen molar-refractivity contribution in [2.45, 2.75) is 32.6 Å². The van der Waals surface area contributed by atoms with Crippen molar-refractivity contribution in [3.05, 3.63) is 51.7 Å². The Bertz CT molecular complexity index is 855. The molecule has 3 heterocycles. The third-order valence-electron chi connectivity index (χ3n) is 5.74. The summed E-state index contributed by atoms with van der Waals surface area (Å²) in [4.78, 5) is 31.0. The van der Waals surface area contributed by atoms with Gasteiger partial charge >= 0.3 is 0 Å². The average molecular weight is 413 g/mol. The van der Waals surface area contributed by atoms with Crippen LogP contribution in [0.15, 0.2) is 36.4 Å². The number of nitrogens with zero attached hydrogens (tertiary/aromatic N) is 2. The molecule has 0 unspecified atom stereocenters. The summed E-state index contributed by atoms with van der Waals surface area (Å²) in [6.45, 7) is 5.89. The summed E-state index contributed by atoms with van der Waals surface area (Å²) in [6.07, 6.45) is 4.27. The van der Waals surface area contributed by atoms with E-state index in [2.05, 4.69) is 0 Å². The Morgan fingerprint density at radius 2 is 1.69 bits per heavy atom. The van der Waals surface area contributed by atoms with Gasteiger partial charge in [-0.1, -0.05) is 0 Å². The lowest BCUT2D eigenvalue weighted by molar-refractivity contribution is 0.0638. The molecule has 2 amide bonds. The van der Waals surface area contributed by atoms with E-state index in [0.29, 0.717) is 12.5 Å². The summed E-state index contributed by atoms with van der Waals surface area (Å²) in [5, 5.41) is 0. The van der Waals surface area contributed by atoms with E-state index in [1.54, 1.807) is 11.3 Å². The Hall–Kier alpha value is -2.34. The number of thiophene rings is 1. The molecule has 0 N–H and O–H groups in total. The van der Waals surface area contributed by atoms with Gasteiger partial charge in [-0.15, -0.1) is 11.3 Å². The number of ether oxygens (including phenoxy) is 1. The molecule has 0 aliphatic carbocycles. The first-order chi connectivity index (χ1) is 14.1. The van der Waals surface area contributed by atoms with Crippen molar-refractivity contribution < 1.29 is 14.3 Å². The summed E-state index contributed by atoms with van der Waals surface area (Å²) < 4.78 is 5.98. The van der Waals surface area contributed by atoms with Crippen molar-refractivity contribution in [2.24, 2.45) is 5.92 Å². The van der Waals surface area contributed by atoms with Crippen molar-refractivity contribution in [2.75, 3.05) is 32.8 Å². The largest absolute Gasteiger partial charge is 0.493 e. The predicted octanol–water partition coefficient (Wildman–Crippen LogP) is 4.22. The fourth-order valence-corrected chi connectivity index (χ4v) is 4.94. The Labute approximate surface area is 176 Å². The van der Waals surface area contributed by atoms with Crippen LogP contribution in [0.2, 0.25) is 0 Å². The molecule has 0 bridgehead atoms. The molecular formula is C23H28N2O3S. The fourth-order valence-electron chi connectivity index (χ4n) is 4.10. The summed E-state index contributed by atoms with van der Waals surface area (Å²) in [7, 11) is 0. The van der Waals surface area contributed by atoms with Gasteiger partial charge in [-0.2, -0.15) is 0 Å². The quantitative estimate of drug-likeness (QED) is 0.739. The first kappa shape index (κ1) is 20.0. The molecule has 2 aliphatic rings. The van der Waals surface area contributed by atoms with Crippen LogP contribution in [0, 0.1) is 12.8 Å². The molecule has 1 atom stereocenters. The number of likely N-dealkylation sites (tertiary alicyclic amines) is 2. The van der Waals surface area contributed by atoms with Crippen molar-refractivity contribution in [1.82, 2.24) is 9.80 Å². The van der Waals surface area contributed by atoms with Gasteiger partial charge in [-0.25, -0.2) is 0 Å². The van der Waals surface area contributed by atoms with Crippen molar-refractivity contribution in [3.63, 3.8) is 0 Å². The number of amides is 2. The molecule has 2 fully saturated rings. The van der Waals surface area contributed by atoms with Crippen LogP contribution >= 0.6 is 11.3 Å². The van der Waals surface area contributed by atoms with E-state index in [4.69, 9.17) is 4.74 Å². The van der Waals surface area contributed by atoms with Crippen LogP contribution in [0.1, 0.15) is 50.6 Å². The lowest BCUT2D eigenvalue weighted by atomic mass is 9.99. The smallest absolute Gasteiger partial charge is 0.263 e. The molecule has 0 spiro atoms. The highest BCUT2D eigenvalue weighted by Crippen LogP contribution is 2.24. The fraction of sp³-hybridized carbons (Fsp3) is 0.478. The second kappa shape index (κ2) is 8.99. The van der Waals surface area contributed by atoms with E-state index in [-0.39, 0.29) is 11.8 Å². The minimum absolute atomic E-state index is 0.110. The first-order valence-corrected chi connectivity index (χ1v) is 11.3.